The Morgan fingerprint density at radius 2 is 1.95 bits per heavy atom. The lowest BCUT2D eigenvalue weighted by Crippen LogP contribution is -2.34. The molecule has 0 saturated heterocycles. The van der Waals surface area contributed by atoms with Gasteiger partial charge in [-0.05, 0) is 13.8 Å². The Kier molecular flexibility index (Phi) is 4.89. The molecule has 0 unspecified atom stereocenters. The molecule has 2 aromatic rings. The molecule has 114 valence electrons. The number of urea groups is 1. The Morgan fingerprint density at radius 3 is 2.52 bits per heavy atom. The third kappa shape index (κ3) is 4.25. The number of aryl methyl sites for hydroxylation is 2. The van der Waals surface area contributed by atoms with E-state index in [0.717, 1.165) is 21.5 Å². The molecule has 0 fully saturated rings. The number of hydrogen-bond donors (Lipinski definition) is 2. The Bertz CT molecular complexity index is 600. The van der Waals surface area contributed by atoms with Crippen LogP contribution in [0, 0.1) is 13.8 Å². The van der Waals surface area contributed by atoms with E-state index in [1.54, 1.807) is 0 Å². The highest BCUT2D eigenvalue weighted by Gasteiger charge is 2.10. The van der Waals surface area contributed by atoms with Gasteiger partial charge in [-0.3, -0.25) is 0 Å². The topological polar surface area (TPSA) is 92.9 Å². The van der Waals surface area contributed by atoms with E-state index in [-0.39, 0.29) is 12.6 Å². The van der Waals surface area contributed by atoms with Crippen molar-refractivity contribution in [3.8, 4) is 0 Å². The molecule has 8 heteroatoms. The van der Waals surface area contributed by atoms with E-state index in [4.69, 9.17) is 4.42 Å². The van der Waals surface area contributed by atoms with E-state index >= 15 is 0 Å². The summed E-state index contributed by atoms with van der Waals surface area (Å²) in [6.07, 6.45) is 0. The molecule has 2 heterocycles. The van der Waals surface area contributed by atoms with Crippen LogP contribution in [-0.4, -0.2) is 21.2 Å². The molecule has 0 aromatic carbocycles. The largest absolute Gasteiger partial charge is 0.444 e. The molecule has 0 bridgehead atoms. The molecule has 0 spiro atoms. The summed E-state index contributed by atoms with van der Waals surface area (Å²) in [5.74, 6) is 1.61. The summed E-state index contributed by atoms with van der Waals surface area (Å²) in [6, 6.07) is -0.287. The SMILES string of the molecule is Cc1nc(CNC(=O)NCc2nnc(C(C)C)s2)oc1C. The van der Waals surface area contributed by atoms with Crippen LogP contribution in [-0.2, 0) is 13.1 Å². The Labute approximate surface area is 127 Å². The third-order valence-electron chi connectivity index (χ3n) is 2.85. The fourth-order valence-electron chi connectivity index (χ4n) is 1.56. The molecule has 0 radical (unpaired) electrons. The van der Waals surface area contributed by atoms with Gasteiger partial charge in [-0.2, -0.15) is 0 Å². The fourth-order valence-corrected chi connectivity index (χ4v) is 2.35. The first-order chi connectivity index (χ1) is 9.95. The maximum Gasteiger partial charge on any atom is 0.315 e. The zero-order valence-electron chi connectivity index (χ0n) is 12.6. The lowest BCUT2D eigenvalue weighted by Gasteiger charge is -2.03. The van der Waals surface area contributed by atoms with Gasteiger partial charge in [0.05, 0.1) is 18.8 Å². The molecular weight excluding hydrogens is 290 g/mol. The summed E-state index contributed by atoms with van der Waals surface area (Å²) < 4.78 is 5.38. The van der Waals surface area contributed by atoms with Crippen molar-refractivity contribution in [3.05, 3.63) is 27.4 Å². The lowest BCUT2D eigenvalue weighted by molar-refractivity contribution is 0.238. The van der Waals surface area contributed by atoms with Crippen LogP contribution < -0.4 is 10.6 Å². The van der Waals surface area contributed by atoms with Crippen molar-refractivity contribution in [1.29, 1.82) is 0 Å². The van der Waals surface area contributed by atoms with Gasteiger partial charge in [0.1, 0.15) is 15.8 Å². The molecule has 21 heavy (non-hydrogen) atoms. The van der Waals surface area contributed by atoms with Crippen molar-refractivity contribution in [1.82, 2.24) is 25.8 Å². The molecule has 0 atom stereocenters. The average molecular weight is 309 g/mol. The number of rotatable bonds is 5. The number of nitrogens with one attached hydrogen (secondary N) is 2. The van der Waals surface area contributed by atoms with Gasteiger partial charge < -0.3 is 15.1 Å². The summed E-state index contributed by atoms with van der Waals surface area (Å²) >= 11 is 1.51. The van der Waals surface area contributed by atoms with E-state index in [1.807, 2.05) is 13.8 Å². The summed E-state index contributed by atoms with van der Waals surface area (Å²) in [5.41, 5.74) is 0.835. The summed E-state index contributed by atoms with van der Waals surface area (Å²) in [6.45, 7) is 8.45. The highest BCUT2D eigenvalue weighted by atomic mass is 32.1. The van der Waals surface area contributed by atoms with E-state index in [0.29, 0.717) is 18.4 Å². The quantitative estimate of drug-likeness (QED) is 0.883. The van der Waals surface area contributed by atoms with Crippen LogP contribution in [0.3, 0.4) is 0 Å². The second kappa shape index (κ2) is 6.66. The van der Waals surface area contributed by atoms with Gasteiger partial charge in [0.2, 0.25) is 5.89 Å². The number of aromatic nitrogens is 3. The van der Waals surface area contributed by atoms with Crippen LogP contribution in [0.25, 0.3) is 0 Å². The van der Waals surface area contributed by atoms with E-state index in [2.05, 4.69) is 39.7 Å². The first kappa shape index (κ1) is 15.4. The van der Waals surface area contributed by atoms with Gasteiger partial charge in [-0.25, -0.2) is 9.78 Å². The fraction of sp³-hybridized carbons (Fsp3) is 0.538. The minimum Gasteiger partial charge on any atom is -0.444 e. The van der Waals surface area contributed by atoms with Crippen LogP contribution >= 0.6 is 11.3 Å². The van der Waals surface area contributed by atoms with Crippen molar-refractivity contribution in [3.63, 3.8) is 0 Å². The Hall–Kier alpha value is -1.96. The average Bonchev–Trinajstić information content (AvgIpc) is 3.02. The van der Waals surface area contributed by atoms with Gasteiger partial charge >= 0.3 is 6.03 Å². The lowest BCUT2D eigenvalue weighted by atomic mass is 10.2. The van der Waals surface area contributed by atoms with Gasteiger partial charge in [0.15, 0.2) is 0 Å². The van der Waals surface area contributed by atoms with Crippen molar-refractivity contribution >= 4 is 17.4 Å². The maximum atomic E-state index is 11.7. The second-order valence-electron chi connectivity index (χ2n) is 4.97. The van der Waals surface area contributed by atoms with Gasteiger partial charge in [0, 0.05) is 5.92 Å². The monoisotopic (exact) mass is 309 g/mol. The Balaban J connectivity index is 1.76. The molecule has 2 amide bonds. The summed E-state index contributed by atoms with van der Waals surface area (Å²) in [7, 11) is 0. The smallest absolute Gasteiger partial charge is 0.315 e. The standard InChI is InChI=1S/C13H19N5O2S/c1-7(2)12-18-17-11(21-12)6-15-13(19)14-5-10-16-8(3)9(4)20-10/h7H,5-6H2,1-4H3,(H2,14,15,19). The first-order valence-electron chi connectivity index (χ1n) is 6.72. The molecule has 2 aromatic heterocycles. The number of amides is 2. The minimum atomic E-state index is -0.287. The van der Waals surface area contributed by atoms with Crippen LogP contribution in [0.1, 0.15) is 47.1 Å². The minimum absolute atomic E-state index is 0.258. The predicted octanol–water partition coefficient (Wildman–Crippen LogP) is 2.27. The number of oxazole rings is 1. The van der Waals surface area contributed by atoms with E-state index in [9.17, 15) is 4.79 Å². The predicted molar refractivity (Wildman–Crippen MR) is 79.1 cm³/mol. The van der Waals surface area contributed by atoms with E-state index in [1.165, 1.54) is 11.3 Å². The molecule has 7 nitrogen and oxygen atoms in total. The Morgan fingerprint density at radius 1 is 1.24 bits per heavy atom. The van der Waals surface area contributed by atoms with Gasteiger partial charge in [-0.15, -0.1) is 10.2 Å². The highest BCUT2D eigenvalue weighted by molar-refractivity contribution is 7.11. The second-order valence-corrected chi connectivity index (χ2v) is 6.07. The van der Waals surface area contributed by atoms with Gasteiger partial charge in [0.25, 0.3) is 0 Å². The zero-order valence-corrected chi connectivity index (χ0v) is 13.4. The molecule has 2 N–H and O–H groups in total. The molecule has 0 saturated carbocycles. The summed E-state index contributed by atoms with van der Waals surface area (Å²) in [5, 5.41) is 15.3. The summed E-state index contributed by atoms with van der Waals surface area (Å²) in [4.78, 5) is 15.9. The maximum absolute atomic E-state index is 11.7. The van der Waals surface area contributed by atoms with E-state index < -0.39 is 0 Å². The van der Waals surface area contributed by atoms with Crippen LogP contribution in [0.15, 0.2) is 4.42 Å². The molecule has 0 aliphatic heterocycles. The van der Waals surface area contributed by atoms with Gasteiger partial charge in [-0.1, -0.05) is 25.2 Å². The zero-order chi connectivity index (χ0) is 15.4. The number of carbonyl (C=O) groups excluding carboxylic acids is 1. The normalized spacial score (nSPS) is 10.9. The van der Waals surface area contributed by atoms with Crippen molar-refractivity contribution in [2.75, 3.05) is 0 Å². The molecular formula is C13H19N5O2S. The highest BCUT2D eigenvalue weighted by Crippen LogP contribution is 2.18. The molecule has 0 aliphatic rings. The van der Waals surface area contributed by atoms with Crippen LogP contribution in [0.2, 0.25) is 0 Å². The first-order valence-corrected chi connectivity index (χ1v) is 7.54. The number of hydrogen-bond acceptors (Lipinski definition) is 6. The van der Waals surface area contributed by atoms with Crippen molar-refractivity contribution in [2.45, 2.75) is 46.7 Å². The molecule has 0 aliphatic carbocycles. The van der Waals surface area contributed by atoms with Crippen LogP contribution in [0.4, 0.5) is 4.79 Å². The third-order valence-corrected chi connectivity index (χ3v) is 4.07. The number of nitrogens with zero attached hydrogens (tertiary/aromatic N) is 3. The molecule has 2 rings (SSSR count). The van der Waals surface area contributed by atoms with Crippen LogP contribution in [0.5, 0.6) is 0 Å². The van der Waals surface area contributed by atoms with Crippen molar-refractivity contribution < 1.29 is 9.21 Å². The number of carbonyl (C=O) groups is 1. The van der Waals surface area contributed by atoms with Crippen molar-refractivity contribution in [2.24, 2.45) is 0 Å².